The van der Waals surface area contributed by atoms with Gasteiger partial charge in [0.05, 0.1) is 18.4 Å². The van der Waals surface area contributed by atoms with Crippen LogP contribution < -0.4 is 5.06 Å². The number of anilines is 2. The van der Waals surface area contributed by atoms with Crippen LogP contribution in [-0.4, -0.2) is 36.7 Å². The highest BCUT2D eigenvalue weighted by Gasteiger charge is 2.25. The average molecular weight is 427 g/mol. The first kappa shape index (κ1) is 22.0. The number of benzene rings is 1. The average Bonchev–Trinajstić information content (AvgIpc) is 3.02. The summed E-state index contributed by atoms with van der Waals surface area (Å²) in [4.78, 5) is 16.8. The maximum atomic E-state index is 12.2. The van der Waals surface area contributed by atoms with Gasteiger partial charge in [-0.05, 0) is 61.2 Å². The van der Waals surface area contributed by atoms with Crippen LogP contribution in [0.15, 0.2) is 30.7 Å². The predicted octanol–water partition coefficient (Wildman–Crippen LogP) is 4.48. The molecule has 0 aliphatic heterocycles. The second kappa shape index (κ2) is 8.20. The topological polar surface area (TPSA) is 69.0 Å². The van der Waals surface area contributed by atoms with E-state index in [2.05, 4.69) is 63.0 Å². The minimum absolute atomic E-state index is 0.00889. The van der Waals surface area contributed by atoms with Crippen LogP contribution in [0.3, 0.4) is 0 Å². The molecule has 2 heterocycles. The lowest BCUT2D eigenvalue weighted by molar-refractivity contribution is 0.0600. The van der Waals surface area contributed by atoms with Crippen molar-refractivity contribution in [1.82, 2.24) is 14.6 Å². The fourth-order valence-corrected chi connectivity index (χ4v) is 4.24. The van der Waals surface area contributed by atoms with Crippen LogP contribution in [-0.2, 0) is 14.7 Å². The van der Waals surface area contributed by atoms with E-state index < -0.39 is 15.0 Å². The van der Waals surface area contributed by atoms with E-state index in [1.165, 1.54) is 24.6 Å². The van der Waals surface area contributed by atoms with Gasteiger partial charge in [0.1, 0.15) is 11.8 Å². The summed E-state index contributed by atoms with van der Waals surface area (Å²) in [5, 5.41) is 6.08. The van der Waals surface area contributed by atoms with Gasteiger partial charge in [-0.25, -0.2) is 19.4 Å². The Morgan fingerprint density at radius 1 is 1.20 bits per heavy atom. The molecule has 3 aromatic rings. The molecule has 0 fully saturated rings. The maximum absolute atomic E-state index is 12.2. The summed E-state index contributed by atoms with van der Waals surface area (Å²) in [7, 11) is -0.117. The number of carbonyl (C=O) groups is 1. The Labute approximate surface area is 179 Å². The van der Waals surface area contributed by atoms with E-state index in [0.29, 0.717) is 16.9 Å². The fourth-order valence-electron chi connectivity index (χ4n) is 3.59. The molecule has 0 radical (unpaired) electrons. The van der Waals surface area contributed by atoms with Crippen molar-refractivity contribution < 1.29 is 14.1 Å². The third kappa shape index (κ3) is 4.10. The second-order valence-corrected chi connectivity index (χ2v) is 11.0. The van der Waals surface area contributed by atoms with Crippen LogP contribution >= 0.6 is 0 Å². The molecular weight excluding hydrogens is 396 g/mol. The van der Waals surface area contributed by atoms with Gasteiger partial charge in [-0.3, -0.25) is 0 Å². The van der Waals surface area contributed by atoms with Crippen molar-refractivity contribution in [2.45, 2.75) is 53.1 Å². The number of methoxy groups -OCH3 is 1. The Morgan fingerprint density at radius 3 is 2.50 bits per heavy atom. The number of rotatable bonds is 5. The van der Waals surface area contributed by atoms with Crippen LogP contribution in [0.5, 0.6) is 0 Å². The number of esters is 1. The Hall–Kier alpha value is -2.71. The molecule has 0 saturated heterocycles. The smallest absolute Gasteiger partial charge is 0.339 e. The lowest BCUT2D eigenvalue weighted by atomic mass is 9.84. The quantitative estimate of drug-likeness (QED) is 0.340. The SMILES string of the molecule is COC(=O)c1cn2ncnc(N(O[SiH](C)C)c3ccc(C)c(C(C)(C)C)c3)c2c1C. The van der Waals surface area contributed by atoms with Crippen molar-refractivity contribution in [3.8, 4) is 0 Å². The van der Waals surface area contributed by atoms with E-state index in [0.717, 1.165) is 11.3 Å². The molecular formula is C22H30N4O3Si. The van der Waals surface area contributed by atoms with Crippen molar-refractivity contribution in [1.29, 1.82) is 0 Å². The predicted molar refractivity (Wildman–Crippen MR) is 121 cm³/mol. The van der Waals surface area contributed by atoms with Crippen LogP contribution in [0.2, 0.25) is 13.1 Å². The number of carbonyl (C=O) groups excluding carboxylic acids is 1. The summed E-state index contributed by atoms with van der Waals surface area (Å²) in [6, 6.07) is 6.31. The molecule has 160 valence electrons. The number of nitrogens with zero attached hydrogens (tertiary/aromatic N) is 4. The van der Waals surface area contributed by atoms with Gasteiger partial charge in [0.2, 0.25) is 9.04 Å². The van der Waals surface area contributed by atoms with Gasteiger partial charge in [-0.2, -0.15) is 5.10 Å². The Kier molecular flexibility index (Phi) is 6.01. The van der Waals surface area contributed by atoms with Gasteiger partial charge < -0.3 is 9.26 Å². The van der Waals surface area contributed by atoms with Crippen molar-refractivity contribution >= 4 is 32.0 Å². The highest BCUT2D eigenvalue weighted by Crippen LogP contribution is 2.35. The van der Waals surface area contributed by atoms with Crippen molar-refractivity contribution in [2.24, 2.45) is 0 Å². The zero-order chi connectivity index (χ0) is 22.2. The largest absolute Gasteiger partial charge is 0.465 e. The summed E-state index contributed by atoms with van der Waals surface area (Å²) in [5.41, 5.74) is 5.28. The third-order valence-corrected chi connectivity index (χ3v) is 5.62. The molecule has 2 aromatic heterocycles. The van der Waals surface area contributed by atoms with Crippen LogP contribution in [0.4, 0.5) is 11.5 Å². The fraction of sp³-hybridized carbons (Fsp3) is 0.409. The molecule has 0 N–H and O–H groups in total. The number of aromatic nitrogens is 3. The number of fused-ring (bicyclic) bond motifs is 1. The van der Waals surface area contributed by atoms with Gasteiger partial charge in [0.25, 0.3) is 0 Å². The Bertz CT molecular complexity index is 1090. The van der Waals surface area contributed by atoms with Crippen molar-refractivity contribution in [2.75, 3.05) is 12.2 Å². The summed E-state index contributed by atoms with van der Waals surface area (Å²) in [6.07, 6.45) is 3.14. The zero-order valence-electron chi connectivity index (χ0n) is 19.0. The first-order valence-electron chi connectivity index (χ1n) is 10.0. The van der Waals surface area contributed by atoms with Gasteiger partial charge in [0, 0.05) is 6.20 Å². The Morgan fingerprint density at radius 2 is 1.90 bits per heavy atom. The number of hydrogen-bond donors (Lipinski definition) is 0. The molecule has 30 heavy (non-hydrogen) atoms. The second-order valence-electron chi connectivity index (χ2n) is 8.73. The number of ether oxygens (including phenoxy) is 1. The first-order valence-corrected chi connectivity index (χ1v) is 12.8. The standard InChI is InChI=1S/C22H30N4O3Si/c1-14-9-10-16(11-18(14)22(3,4)5)26(29-30(7)8)20-19-15(2)17(21(27)28-6)12-25(19)24-13-23-20/h9-13,30H,1-8H3. The third-order valence-electron chi connectivity index (χ3n) is 4.99. The van der Waals surface area contributed by atoms with Gasteiger partial charge in [-0.1, -0.05) is 26.8 Å². The molecule has 0 saturated carbocycles. The molecule has 0 amide bonds. The molecule has 3 rings (SSSR count). The molecule has 0 spiro atoms. The van der Waals surface area contributed by atoms with Gasteiger partial charge >= 0.3 is 5.97 Å². The lowest BCUT2D eigenvalue weighted by Gasteiger charge is -2.29. The van der Waals surface area contributed by atoms with E-state index in [1.807, 2.05) is 13.0 Å². The molecule has 0 unspecified atom stereocenters. The Balaban J connectivity index is 2.24. The molecule has 0 atom stereocenters. The first-order chi connectivity index (χ1) is 14.0. The van der Waals surface area contributed by atoms with E-state index >= 15 is 0 Å². The summed E-state index contributed by atoms with van der Waals surface area (Å²) >= 11 is 0. The minimum Gasteiger partial charge on any atom is -0.465 e. The van der Waals surface area contributed by atoms with Crippen molar-refractivity contribution in [3.63, 3.8) is 0 Å². The molecule has 7 nitrogen and oxygen atoms in total. The number of aryl methyl sites for hydroxylation is 2. The van der Waals surface area contributed by atoms with E-state index in [1.54, 1.807) is 15.8 Å². The summed E-state index contributed by atoms with van der Waals surface area (Å²) in [6.45, 7) is 14.8. The van der Waals surface area contributed by atoms with E-state index in [4.69, 9.17) is 9.26 Å². The maximum Gasteiger partial charge on any atom is 0.339 e. The highest BCUT2D eigenvalue weighted by molar-refractivity contribution is 6.48. The van der Waals surface area contributed by atoms with Crippen LogP contribution in [0, 0.1) is 13.8 Å². The molecule has 0 bridgehead atoms. The monoisotopic (exact) mass is 426 g/mol. The zero-order valence-corrected chi connectivity index (χ0v) is 20.1. The summed E-state index contributed by atoms with van der Waals surface area (Å²) in [5.74, 6) is 0.197. The molecule has 8 heteroatoms. The van der Waals surface area contributed by atoms with Crippen LogP contribution in [0.1, 0.15) is 47.8 Å². The molecule has 0 aliphatic carbocycles. The van der Waals surface area contributed by atoms with E-state index in [-0.39, 0.29) is 5.41 Å². The lowest BCUT2D eigenvalue weighted by Crippen LogP contribution is -2.27. The number of hydrogen-bond acceptors (Lipinski definition) is 6. The van der Waals surface area contributed by atoms with E-state index in [9.17, 15) is 4.79 Å². The summed E-state index contributed by atoms with van der Waals surface area (Å²) < 4.78 is 12.9. The van der Waals surface area contributed by atoms with Crippen molar-refractivity contribution in [3.05, 3.63) is 53.0 Å². The molecule has 1 aromatic carbocycles. The molecule has 0 aliphatic rings. The normalized spacial score (nSPS) is 11.9. The van der Waals surface area contributed by atoms with Gasteiger partial charge in [0.15, 0.2) is 5.82 Å². The van der Waals surface area contributed by atoms with Crippen LogP contribution in [0.25, 0.3) is 5.52 Å². The highest BCUT2D eigenvalue weighted by atomic mass is 28.3. The van der Waals surface area contributed by atoms with Gasteiger partial charge in [-0.15, -0.1) is 0 Å². The minimum atomic E-state index is -1.49.